The van der Waals surface area contributed by atoms with E-state index in [0.717, 1.165) is 6.07 Å². The van der Waals surface area contributed by atoms with E-state index in [9.17, 15) is 19.7 Å². The second-order valence-electron chi connectivity index (χ2n) is 5.00. The summed E-state index contributed by atoms with van der Waals surface area (Å²) in [6, 6.07) is 11.4. The lowest BCUT2D eigenvalue weighted by molar-refractivity contribution is -0.384. The number of carbonyl (C=O) groups excluding carboxylic acids is 2. The fourth-order valence-corrected chi connectivity index (χ4v) is 2.23. The molecule has 2 aromatic rings. The molecule has 2 aromatic carbocycles. The third-order valence-corrected chi connectivity index (χ3v) is 3.59. The maximum atomic E-state index is 12.0. The smallest absolute Gasteiger partial charge is 0.338 e. The average molecular weight is 374 g/mol. The number of carbonyl (C=O) groups is 2. The zero-order valence-corrected chi connectivity index (χ0v) is 14.0. The highest BCUT2D eigenvalue weighted by atomic mass is 35.5. The van der Waals surface area contributed by atoms with Crippen LogP contribution in [0, 0.1) is 21.4 Å². The Bertz CT molecular complexity index is 890. The highest BCUT2D eigenvalue weighted by molar-refractivity contribution is 6.34. The van der Waals surface area contributed by atoms with Crippen LogP contribution in [0.25, 0.3) is 0 Å². The normalized spacial score (nSPS) is 9.85. The van der Waals surface area contributed by atoms with Crippen molar-refractivity contribution in [2.75, 3.05) is 13.2 Å². The lowest BCUT2D eigenvalue weighted by atomic mass is 10.1. The third-order valence-electron chi connectivity index (χ3n) is 3.28. The van der Waals surface area contributed by atoms with Gasteiger partial charge in [0.15, 0.2) is 0 Å². The van der Waals surface area contributed by atoms with Gasteiger partial charge >= 0.3 is 5.97 Å². The summed E-state index contributed by atoms with van der Waals surface area (Å²) < 4.78 is 5.01. The molecule has 0 unspecified atom stereocenters. The van der Waals surface area contributed by atoms with Crippen LogP contribution in [0.2, 0.25) is 5.02 Å². The maximum Gasteiger partial charge on any atom is 0.338 e. The Hall–Kier alpha value is -3.44. The van der Waals surface area contributed by atoms with Gasteiger partial charge in [0.05, 0.1) is 39.3 Å². The number of esters is 1. The van der Waals surface area contributed by atoms with Crippen molar-refractivity contribution in [3.05, 3.63) is 74.3 Å². The first-order valence-electron chi connectivity index (χ1n) is 7.32. The van der Waals surface area contributed by atoms with E-state index in [1.165, 1.54) is 36.4 Å². The van der Waals surface area contributed by atoms with Crippen LogP contribution < -0.4 is 5.32 Å². The number of nitrogens with zero attached hydrogens (tertiary/aromatic N) is 2. The molecule has 0 radical (unpaired) electrons. The largest absolute Gasteiger partial charge is 0.460 e. The van der Waals surface area contributed by atoms with Crippen LogP contribution in [0.1, 0.15) is 26.3 Å². The first-order valence-corrected chi connectivity index (χ1v) is 7.69. The molecular formula is C17H12ClN3O5. The first kappa shape index (κ1) is 18.9. The summed E-state index contributed by atoms with van der Waals surface area (Å²) in [5, 5.41) is 21.8. The molecule has 9 heteroatoms. The van der Waals surface area contributed by atoms with Gasteiger partial charge in [-0.1, -0.05) is 11.6 Å². The van der Waals surface area contributed by atoms with Crippen LogP contribution >= 0.6 is 11.6 Å². The lowest BCUT2D eigenvalue weighted by Crippen LogP contribution is -2.28. The van der Waals surface area contributed by atoms with Gasteiger partial charge in [0.1, 0.15) is 6.61 Å². The van der Waals surface area contributed by atoms with Crippen LogP contribution in [0.3, 0.4) is 0 Å². The van der Waals surface area contributed by atoms with E-state index < -0.39 is 16.8 Å². The quantitative estimate of drug-likeness (QED) is 0.359. The minimum atomic E-state index is -0.615. The second-order valence-corrected chi connectivity index (χ2v) is 5.41. The van der Waals surface area contributed by atoms with E-state index in [2.05, 4.69) is 5.32 Å². The first-order chi connectivity index (χ1) is 12.4. The molecule has 0 bridgehead atoms. The fourth-order valence-electron chi connectivity index (χ4n) is 1.97. The van der Waals surface area contributed by atoms with Gasteiger partial charge in [-0.3, -0.25) is 14.9 Å². The maximum absolute atomic E-state index is 12.0. The number of hydrogen-bond acceptors (Lipinski definition) is 6. The number of benzene rings is 2. The summed E-state index contributed by atoms with van der Waals surface area (Å²) in [7, 11) is 0. The Kier molecular flexibility index (Phi) is 6.25. The lowest BCUT2D eigenvalue weighted by Gasteiger charge is -2.08. The van der Waals surface area contributed by atoms with Crippen molar-refractivity contribution in [2.45, 2.75) is 0 Å². The van der Waals surface area contributed by atoms with Gasteiger partial charge in [0.25, 0.3) is 11.6 Å². The Morgan fingerprint density at radius 3 is 2.50 bits per heavy atom. The Morgan fingerprint density at radius 2 is 1.92 bits per heavy atom. The molecule has 1 N–H and O–H groups in total. The van der Waals surface area contributed by atoms with Crippen molar-refractivity contribution in [2.24, 2.45) is 0 Å². The molecule has 0 aromatic heterocycles. The predicted molar refractivity (Wildman–Crippen MR) is 91.9 cm³/mol. The molecule has 132 valence electrons. The summed E-state index contributed by atoms with van der Waals surface area (Å²) in [5.74, 6) is -1.13. The molecule has 8 nitrogen and oxygen atoms in total. The summed E-state index contributed by atoms with van der Waals surface area (Å²) >= 11 is 5.86. The highest BCUT2D eigenvalue weighted by Crippen LogP contribution is 2.22. The Balaban J connectivity index is 1.83. The molecule has 0 atom stereocenters. The van der Waals surface area contributed by atoms with Crippen molar-refractivity contribution >= 4 is 29.2 Å². The Morgan fingerprint density at radius 1 is 1.23 bits per heavy atom. The summed E-state index contributed by atoms with van der Waals surface area (Å²) in [4.78, 5) is 33.8. The van der Waals surface area contributed by atoms with Crippen LogP contribution in [-0.4, -0.2) is 30.0 Å². The van der Waals surface area contributed by atoms with Crippen molar-refractivity contribution < 1.29 is 19.2 Å². The number of rotatable bonds is 6. The van der Waals surface area contributed by atoms with E-state index in [1.54, 1.807) is 0 Å². The molecule has 2 rings (SSSR count). The van der Waals surface area contributed by atoms with Crippen molar-refractivity contribution in [1.82, 2.24) is 5.32 Å². The zero-order valence-electron chi connectivity index (χ0n) is 13.3. The van der Waals surface area contributed by atoms with Crippen LogP contribution in [0.5, 0.6) is 0 Å². The number of nitro groups is 1. The summed E-state index contributed by atoms with van der Waals surface area (Å²) in [5.41, 5.74) is 0.570. The molecule has 0 aliphatic carbocycles. The number of ether oxygens (including phenoxy) is 1. The summed E-state index contributed by atoms with van der Waals surface area (Å²) in [6.45, 7) is -0.0383. The minimum absolute atomic E-state index is 0.0359. The van der Waals surface area contributed by atoms with Crippen molar-refractivity contribution in [3.8, 4) is 6.07 Å². The van der Waals surface area contributed by atoms with Crippen molar-refractivity contribution in [3.63, 3.8) is 0 Å². The standard InChI is InChI=1S/C17H12ClN3O5/c18-15-9-13(21(24)25)5-6-14(15)16(22)20-7-8-26-17(23)12-3-1-11(10-19)2-4-12/h1-6,9H,7-8H2,(H,20,22). The van der Waals surface area contributed by atoms with Gasteiger partial charge in [0, 0.05) is 12.1 Å². The highest BCUT2D eigenvalue weighted by Gasteiger charge is 2.15. The second kappa shape index (κ2) is 8.60. The van der Waals surface area contributed by atoms with E-state index in [-0.39, 0.29) is 35.0 Å². The van der Waals surface area contributed by atoms with Gasteiger partial charge < -0.3 is 10.1 Å². The fraction of sp³-hybridized carbons (Fsp3) is 0.118. The molecular weight excluding hydrogens is 362 g/mol. The molecule has 0 heterocycles. The van der Waals surface area contributed by atoms with E-state index in [4.69, 9.17) is 21.6 Å². The number of non-ortho nitro benzene ring substituents is 1. The monoisotopic (exact) mass is 373 g/mol. The van der Waals surface area contributed by atoms with E-state index in [1.807, 2.05) is 6.07 Å². The third kappa shape index (κ3) is 4.78. The topological polar surface area (TPSA) is 122 Å². The number of nitro benzene ring substituents is 1. The predicted octanol–water partition coefficient (Wildman–Crippen LogP) is 2.71. The molecule has 0 aliphatic rings. The minimum Gasteiger partial charge on any atom is -0.460 e. The molecule has 0 saturated carbocycles. The number of halogens is 1. The molecule has 0 fully saturated rings. The molecule has 26 heavy (non-hydrogen) atoms. The Labute approximate surface area is 153 Å². The van der Waals surface area contributed by atoms with Crippen LogP contribution in [0.15, 0.2) is 42.5 Å². The molecule has 0 spiro atoms. The number of nitrogens with one attached hydrogen (secondary N) is 1. The van der Waals surface area contributed by atoms with Gasteiger partial charge in [-0.25, -0.2) is 4.79 Å². The zero-order chi connectivity index (χ0) is 19.1. The average Bonchev–Trinajstić information content (AvgIpc) is 2.64. The van der Waals surface area contributed by atoms with Gasteiger partial charge in [0.2, 0.25) is 0 Å². The number of nitriles is 1. The van der Waals surface area contributed by atoms with Gasteiger partial charge in [-0.2, -0.15) is 5.26 Å². The number of amides is 1. The van der Waals surface area contributed by atoms with Crippen molar-refractivity contribution in [1.29, 1.82) is 5.26 Å². The molecule has 0 aliphatic heterocycles. The van der Waals surface area contributed by atoms with Gasteiger partial charge in [-0.05, 0) is 30.3 Å². The van der Waals surface area contributed by atoms with Gasteiger partial charge in [-0.15, -0.1) is 0 Å². The number of hydrogen-bond donors (Lipinski definition) is 1. The van der Waals surface area contributed by atoms with Crippen LogP contribution in [0.4, 0.5) is 5.69 Å². The molecule has 0 saturated heterocycles. The SMILES string of the molecule is N#Cc1ccc(C(=O)OCCNC(=O)c2ccc([N+](=O)[O-])cc2Cl)cc1. The summed E-state index contributed by atoms with van der Waals surface area (Å²) in [6.07, 6.45) is 0. The van der Waals surface area contributed by atoms with Crippen LogP contribution in [-0.2, 0) is 4.74 Å². The molecule has 1 amide bonds. The van der Waals surface area contributed by atoms with E-state index in [0.29, 0.717) is 5.56 Å². The van der Waals surface area contributed by atoms with E-state index >= 15 is 0 Å².